The van der Waals surface area contributed by atoms with Crippen molar-refractivity contribution in [1.82, 2.24) is 15.0 Å². The van der Waals surface area contributed by atoms with Gasteiger partial charge in [0.1, 0.15) is 26.4 Å². The zero-order valence-corrected chi connectivity index (χ0v) is 32.6. The number of carbonyl (C=O) groups is 8. The van der Waals surface area contributed by atoms with Crippen molar-refractivity contribution in [3.63, 3.8) is 0 Å². The number of aliphatic hydroxyl groups is 2. The summed E-state index contributed by atoms with van der Waals surface area (Å²) in [5, 5.41) is 26.2. The smallest absolute Gasteiger partial charge is 0.303 e. The van der Waals surface area contributed by atoms with Gasteiger partial charge >= 0.3 is 23.9 Å². The molecule has 0 saturated carbocycles. The molecule has 5 N–H and O–H groups in total. The number of Topliss-reactive ketones (excluding diaryl/α,β-unsaturated/α-hetero) is 3. The van der Waals surface area contributed by atoms with Crippen molar-refractivity contribution < 1.29 is 81.7 Å². The number of esters is 4. The van der Waals surface area contributed by atoms with Gasteiger partial charge in [-0.25, -0.2) is 0 Å². The molecule has 0 spiro atoms. The summed E-state index contributed by atoms with van der Waals surface area (Å²) in [5.41, 5.74) is -9.11. The zero-order chi connectivity index (χ0) is 43.3. The van der Waals surface area contributed by atoms with Crippen molar-refractivity contribution in [2.45, 2.75) is 65.3 Å². The highest BCUT2D eigenvalue weighted by Crippen LogP contribution is 2.51. The predicted molar refractivity (Wildman–Crippen MR) is 193 cm³/mol. The van der Waals surface area contributed by atoms with Crippen LogP contribution in [-0.4, -0.2) is 93.5 Å². The van der Waals surface area contributed by atoms with Gasteiger partial charge in [0.25, 0.3) is 0 Å². The summed E-state index contributed by atoms with van der Waals surface area (Å²) in [7, 11) is 3.36. The molecular formula is C39H37N3O17. The number of hydrogen-bond donors (Lipinski definition) is 5. The molecule has 0 aromatic carbocycles. The average Bonchev–Trinajstić information content (AvgIpc) is 3.89. The molecule has 0 saturated heterocycles. The first-order valence-electron chi connectivity index (χ1n) is 17.5. The van der Waals surface area contributed by atoms with E-state index in [1.54, 1.807) is 0 Å². The minimum atomic E-state index is -2.71. The second-order valence-corrected chi connectivity index (χ2v) is 13.4. The van der Waals surface area contributed by atoms with Crippen LogP contribution in [0.3, 0.4) is 0 Å². The monoisotopic (exact) mass is 819 g/mol. The minimum Gasteiger partial charge on any atom is -0.493 e. The van der Waals surface area contributed by atoms with E-state index in [0.29, 0.717) is 0 Å². The summed E-state index contributed by atoms with van der Waals surface area (Å²) in [6, 6.07) is 0. The van der Waals surface area contributed by atoms with Gasteiger partial charge in [-0.15, -0.1) is 0 Å². The predicted octanol–water partition coefficient (Wildman–Crippen LogP) is 1.76. The molecule has 20 heteroatoms. The van der Waals surface area contributed by atoms with Gasteiger partial charge in [0.15, 0.2) is 28.5 Å². The third kappa shape index (κ3) is 6.90. The lowest BCUT2D eigenvalue weighted by Gasteiger charge is -2.34. The van der Waals surface area contributed by atoms with E-state index >= 15 is 0 Å². The van der Waals surface area contributed by atoms with Gasteiger partial charge in [-0.2, -0.15) is 0 Å². The van der Waals surface area contributed by atoms with E-state index in [-0.39, 0.29) is 39.6 Å². The molecule has 6 rings (SSSR count). The fraction of sp³-hybridized carbons (Fsp3) is 0.333. The quantitative estimate of drug-likeness (QED) is 0.121. The van der Waals surface area contributed by atoms with Crippen LogP contribution in [0.15, 0.2) is 35.5 Å². The Kier molecular flexibility index (Phi) is 10.8. The Hall–Kier alpha value is -7.06. The number of allylic oxidation sites excluding steroid dienone is 4. The van der Waals surface area contributed by atoms with Crippen LogP contribution >= 0.6 is 0 Å². The van der Waals surface area contributed by atoms with Crippen LogP contribution in [0.4, 0.5) is 0 Å². The molecule has 0 bridgehead atoms. The SMILES string of the molecule is COC1=CC(O)(c2c(COC(C)=O)[nH]c3c2C(=O)C(OC)=CC3(O)c2c(COC(C)=O)[nH]c3c2C(=O)C(OC)=CC3=O)c2[nH]c(COC(C)=O)c(COC(C)=O)c2C1=O. The van der Waals surface area contributed by atoms with Crippen LogP contribution in [0.1, 0.15) is 114 Å². The number of aromatic amines is 3. The van der Waals surface area contributed by atoms with Crippen LogP contribution < -0.4 is 0 Å². The Bertz CT molecular complexity index is 2490. The van der Waals surface area contributed by atoms with E-state index in [1.165, 1.54) is 0 Å². The Morgan fingerprint density at radius 3 is 1.42 bits per heavy atom. The number of aromatic nitrogens is 3. The number of hydrogen-bond acceptors (Lipinski definition) is 17. The standard InChI is InChI=1S/C39H37N3O17/c1-15(43)56-11-19-20(12-57-16(2)44)41-36-27(19)34(49)25(54-6)9-39(36,52)31-22(14-59-18(4)46)42-37-29(31)35(50)26(55-7)10-38(37,51)30-21(13-58-17(3)45)40-32-23(47)8-24(53-5)33(48)28(30)32/h8-10,40-42,51-52H,11-14H2,1-7H3. The van der Waals surface area contributed by atoms with E-state index in [2.05, 4.69) is 15.0 Å². The summed E-state index contributed by atoms with van der Waals surface area (Å²) in [4.78, 5) is 113. The van der Waals surface area contributed by atoms with Crippen molar-refractivity contribution in [2.24, 2.45) is 0 Å². The first-order valence-corrected chi connectivity index (χ1v) is 17.5. The average molecular weight is 820 g/mol. The highest BCUT2D eigenvalue weighted by atomic mass is 16.5. The number of rotatable bonds is 13. The van der Waals surface area contributed by atoms with E-state index in [1.807, 2.05) is 0 Å². The lowest BCUT2D eigenvalue weighted by atomic mass is 9.74. The molecule has 3 aromatic heterocycles. The molecule has 0 fully saturated rings. The largest absolute Gasteiger partial charge is 0.493 e. The third-order valence-corrected chi connectivity index (χ3v) is 9.75. The van der Waals surface area contributed by atoms with Crippen molar-refractivity contribution in [2.75, 3.05) is 21.3 Å². The molecule has 2 atom stereocenters. The van der Waals surface area contributed by atoms with E-state index in [9.17, 15) is 48.6 Å². The maximum atomic E-state index is 14.6. The number of nitrogens with one attached hydrogen (secondary N) is 3. The van der Waals surface area contributed by atoms with Gasteiger partial charge in [-0.1, -0.05) is 0 Å². The molecule has 0 amide bonds. The summed E-state index contributed by atoms with van der Waals surface area (Å²) < 4.78 is 37.0. The summed E-state index contributed by atoms with van der Waals surface area (Å²) in [5.74, 6) is -7.99. The molecule has 3 aliphatic carbocycles. The van der Waals surface area contributed by atoms with Crippen LogP contribution in [0.2, 0.25) is 0 Å². The van der Waals surface area contributed by atoms with E-state index in [0.717, 1.165) is 67.3 Å². The normalized spacial score (nSPS) is 19.4. The van der Waals surface area contributed by atoms with Crippen molar-refractivity contribution in [3.05, 3.63) is 103 Å². The second-order valence-electron chi connectivity index (χ2n) is 13.4. The molecule has 3 aliphatic rings. The highest BCUT2D eigenvalue weighted by molar-refractivity contribution is 6.24. The maximum Gasteiger partial charge on any atom is 0.303 e. The fourth-order valence-corrected chi connectivity index (χ4v) is 7.32. The van der Waals surface area contributed by atoms with Crippen LogP contribution in [-0.2, 0) is 90.0 Å². The Balaban J connectivity index is 1.73. The van der Waals surface area contributed by atoms with E-state index < -0.39 is 130 Å². The third-order valence-electron chi connectivity index (χ3n) is 9.75. The fourth-order valence-electron chi connectivity index (χ4n) is 7.32. The lowest BCUT2D eigenvalue weighted by molar-refractivity contribution is -0.144. The van der Waals surface area contributed by atoms with Crippen LogP contribution in [0.5, 0.6) is 0 Å². The van der Waals surface area contributed by atoms with Crippen molar-refractivity contribution in [3.8, 4) is 0 Å². The minimum absolute atomic E-state index is 0.00512. The summed E-state index contributed by atoms with van der Waals surface area (Å²) >= 11 is 0. The number of fused-ring (bicyclic) bond motifs is 3. The number of ether oxygens (including phenoxy) is 7. The number of ketones is 4. The summed E-state index contributed by atoms with van der Waals surface area (Å²) in [6.45, 7) is 1.98. The van der Waals surface area contributed by atoms with Gasteiger partial charge in [0, 0.05) is 62.6 Å². The Morgan fingerprint density at radius 1 is 0.542 bits per heavy atom. The Labute approximate surface area is 333 Å². The summed E-state index contributed by atoms with van der Waals surface area (Å²) in [6.07, 6.45) is 2.79. The second kappa shape index (κ2) is 15.4. The van der Waals surface area contributed by atoms with Crippen LogP contribution in [0.25, 0.3) is 0 Å². The van der Waals surface area contributed by atoms with Crippen molar-refractivity contribution >= 4 is 47.0 Å². The molecule has 310 valence electrons. The molecule has 0 radical (unpaired) electrons. The molecule has 3 aromatic rings. The zero-order valence-electron chi connectivity index (χ0n) is 32.6. The lowest BCUT2D eigenvalue weighted by Crippen LogP contribution is -2.38. The molecule has 0 aliphatic heterocycles. The number of carbonyl (C=O) groups excluding carboxylic acids is 8. The first kappa shape index (κ1) is 41.6. The van der Waals surface area contributed by atoms with Gasteiger partial charge in [-0.05, 0) is 0 Å². The van der Waals surface area contributed by atoms with Gasteiger partial charge in [-0.3, -0.25) is 38.4 Å². The van der Waals surface area contributed by atoms with Gasteiger partial charge < -0.3 is 58.3 Å². The van der Waals surface area contributed by atoms with Crippen molar-refractivity contribution in [1.29, 1.82) is 0 Å². The molecule has 3 heterocycles. The number of methoxy groups -OCH3 is 3. The maximum absolute atomic E-state index is 14.6. The molecule has 2 unspecified atom stereocenters. The number of H-pyrrole nitrogens is 3. The molecule has 20 nitrogen and oxygen atoms in total. The van der Waals surface area contributed by atoms with Crippen LogP contribution in [0, 0.1) is 0 Å². The molecular weight excluding hydrogens is 782 g/mol. The highest BCUT2D eigenvalue weighted by Gasteiger charge is 2.54. The first-order chi connectivity index (χ1) is 27.8. The van der Waals surface area contributed by atoms with Gasteiger partial charge in [0.05, 0.1) is 72.2 Å². The Morgan fingerprint density at radius 2 is 0.932 bits per heavy atom. The van der Waals surface area contributed by atoms with E-state index in [4.69, 9.17) is 33.2 Å². The van der Waals surface area contributed by atoms with Gasteiger partial charge in [0.2, 0.25) is 23.1 Å². The topological polar surface area (TPSA) is 289 Å². The molecule has 59 heavy (non-hydrogen) atoms.